The molecule has 0 radical (unpaired) electrons. The second-order valence-corrected chi connectivity index (χ2v) is 5.66. The maximum Gasteiger partial charge on any atom is 0.230 e. The van der Waals surface area contributed by atoms with Gasteiger partial charge < -0.3 is 10.6 Å². The van der Waals surface area contributed by atoms with Crippen molar-refractivity contribution in [1.29, 1.82) is 0 Å². The van der Waals surface area contributed by atoms with Crippen LogP contribution in [0.1, 0.15) is 18.4 Å². The zero-order valence-electron chi connectivity index (χ0n) is 11.1. The molecule has 1 saturated heterocycles. The predicted octanol–water partition coefficient (Wildman–Crippen LogP) is 2.38. The van der Waals surface area contributed by atoms with Gasteiger partial charge in [0.05, 0.1) is 5.75 Å². The summed E-state index contributed by atoms with van der Waals surface area (Å²) in [5.41, 5.74) is 1.23. The number of carbonyl (C=O) groups excluding carboxylic acids is 1. The van der Waals surface area contributed by atoms with E-state index >= 15 is 0 Å². The van der Waals surface area contributed by atoms with Crippen LogP contribution in [0.3, 0.4) is 0 Å². The Bertz CT molecular complexity index is 408. The molecule has 1 aromatic carbocycles. The van der Waals surface area contributed by atoms with E-state index in [2.05, 4.69) is 29.7 Å². The largest absolute Gasteiger partial charge is 0.353 e. The first-order valence-electron chi connectivity index (χ1n) is 6.44. The molecule has 5 heteroatoms. The van der Waals surface area contributed by atoms with Crippen LogP contribution < -0.4 is 10.6 Å². The van der Waals surface area contributed by atoms with Crippen LogP contribution in [-0.4, -0.2) is 30.8 Å². The summed E-state index contributed by atoms with van der Waals surface area (Å²) < 4.78 is 0. The minimum Gasteiger partial charge on any atom is -0.353 e. The molecule has 3 nitrogen and oxygen atoms in total. The van der Waals surface area contributed by atoms with E-state index in [1.807, 2.05) is 12.1 Å². The molecule has 19 heavy (non-hydrogen) atoms. The highest BCUT2D eigenvalue weighted by Crippen LogP contribution is 2.21. The monoisotopic (exact) mass is 300 g/mol. The minimum absolute atomic E-state index is 0. The Labute approximate surface area is 125 Å². The Kier molecular flexibility index (Phi) is 7.28. The third-order valence-corrected chi connectivity index (χ3v) is 4.33. The molecule has 1 aliphatic rings. The zero-order chi connectivity index (χ0) is 12.8. The van der Waals surface area contributed by atoms with Crippen molar-refractivity contribution in [2.24, 2.45) is 0 Å². The molecule has 0 unspecified atom stereocenters. The maximum atomic E-state index is 11.8. The molecule has 1 aromatic rings. The van der Waals surface area contributed by atoms with E-state index < -0.39 is 0 Å². The molecule has 1 heterocycles. The Morgan fingerprint density at radius 3 is 2.74 bits per heavy atom. The predicted molar refractivity (Wildman–Crippen MR) is 83.2 cm³/mol. The molecule has 2 N–H and O–H groups in total. The van der Waals surface area contributed by atoms with Crippen LogP contribution in [0, 0.1) is 6.92 Å². The van der Waals surface area contributed by atoms with Gasteiger partial charge in [-0.2, -0.15) is 0 Å². The number of hydrogen-bond donors (Lipinski definition) is 2. The normalized spacial score (nSPS) is 15.6. The number of benzene rings is 1. The number of carbonyl (C=O) groups is 1. The number of nitrogens with one attached hydrogen (secondary N) is 2. The van der Waals surface area contributed by atoms with Gasteiger partial charge >= 0.3 is 0 Å². The Morgan fingerprint density at radius 2 is 2.05 bits per heavy atom. The van der Waals surface area contributed by atoms with Crippen molar-refractivity contribution in [3.63, 3.8) is 0 Å². The zero-order valence-corrected chi connectivity index (χ0v) is 12.8. The van der Waals surface area contributed by atoms with Crippen molar-refractivity contribution in [2.75, 3.05) is 18.8 Å². The summed E-state index contributed by atoms with van der Waals surface area (Å²) in [6.45, 7) is 4.10. The van der Waals surface area contributed by atoms with E-state index in [1.165, 1.54) is 10.5 Å². The van der Waals surface area contributed by atoms with E-state index in [-0.39, 0.29) is 18.3 Å². The fourth-order valence-corrected chi connectivity index (χ4v) is 2.94. The molecule has 0 saturated carbocycles. The van der Waals surface area contributed by atoms with Crippen LogP contribution in [0.4, 0.5) is 0 Å². The van der Waals surface area contributed by atoms with Crippen molar-refractivity contribution >= 4 is 30.1 Å². The number of aryl methyl sites for hydroxylation is 1. The second kappa shape index (κ2) is 8.46. The molecule has 2 rings (SSSR count). The molecule has 1 amide bonds. The van der Waals surface area contributed by atoms with E-state index in [1.54, 1.807) is 11.8 Å². The van der Waals surface area contributed by atoms with E-state index in [0.717, 1.165) is 25.9 Å². The van der Waals surface area contributed by atoms with Gasteiger partial charge in [0.25, 0.3) is 0 Å². The standard InChI is InChI=1S/C14H20N2OS.ClH/c1-11-4-2-3-5-13(11)18-10-14(17)16-12-6-8-15-9-7-12;/h2-5,12,15H,6-10H2,1H3,(H,16,17);1H. The Balaban J connectivity index is 0.00000180. The summed E-state index contributed by atoms with van der Waals surface area (Å²) in [4.78, 5) is 13.0. The first kappa shape index (κ1) is 16.3. The van der Waals surface area contributed by atoms with Gasteiger partial charge in [-0.1, -0.05) is 18.2 Å². The van der Waals surface area contributed by atoms with E-state index in [4.69, 9.17) is 0 Å². The third-order valence-electron chi connectivity index (χ3n) is 3.16. The average molecular weight is 301 g/mol. The molecule has 0 atom stereocenters. The maximum absolute atomic E-state index is 11.8. The lowest BCUT2D eigenvalue weighted by molar-refractivity contribution is -0.119. The highest BCUT2D eigenvalue weighted by molar-refractivity contribution is 8.00. The van der Waals surface area contributed by atoms with Crippen molar-refractivity contribution in [1.82, 2.24) is 10.6 Å². The van der Waals surface area contributed by atoms with Crippen molar-refractivity contribution in [3.05, 3.63) is 29.8 Å². The molecule has 0 bridgehead atoms. The number of piperidine rings is 1. The summed E-state index contributed by atoms with van der Waals surface area (Å²) in [5.74, 6) is 0.657. The van der Waals surface area contributed by atoms with Crippen molar-refractivity contribution in [3.8, 4) is 0 Å². The summed E-state index contributed by atoms with van der Waals surface area (Å²) in [7, 11) is 0. The molecule has 0 aliphatic carbocycles. The quantitative estimate of drug-likeness (QED) is 0.839. The van der Waals surface area contributed by atoms with Crippen LogP contribution in [-0.2, 0) is 4.79 Å². The van der Waals surface area contributed by atoms with Gasteiger partial charge in [-0.05, 0) is 44.5 Å². The van der Waals surface area contributed by atoms with Gasteiger partial charge in [-0.25, -0.2) is 0 Å². The summed E-state index contributed by atoms with van der Waals surface area (Å²) in [6, 6.07) is 8.54. The molecule has 0 spiro atoms. The number of thioether (sulfide) groups is 1. The topological polar surface area (TPSA) is 41.1 Å². The molecule has 0 aromatic heterocycles. The third kappa shape index (κ3) is 5.43. The summed E-state index contributed by atoms with van der Waals surface area (Å²) in [6.07, 6.45) is 2.08. The lowest BCUT2D eigenvalue weighted by Gasteiger charge is -2.23. The lowest BCUT2D eigenvalue weighted by atomic mass is 10.1. The molecular weight excluding hydrogens is 280 g/mol. The molecule has 1 aliphatic heterocycles. The first-order chi connectivity index (χ1) is 8.75. The molecule has 1 fully saturated rings. The Morgan fingerprint density at radius 1 is 1.37 bits per heavy atom. The van der Waals surface area contributed by atoms with Crippen LogP contribution in [0.5, 0.6) is 0 Å². The van der Waals surface area contributed by atoms with Crippen LogP contribution in [0.25, 0.3) is 0 Å². The van der Waals surface area contributed by atoms with Crippen molar-refractivity contribution in [2.45, 2.75) is 30.7 Å². The SMILES string of the molecule is Cc1ccccc1SCC(=O)NC1CCNCC1.Cl. The van der Waals surface area contributed by atoms with E-state index in [9.17, 15) is 4.79 Å². The minimum atomic E-state index is 0. The van der Waals surface area contributed by atoms with Gasteiger partial charge in [0.1, 0.15) is 0 Å². The average Bonchev–Trinajstić information content (AvgIpc) is 2.39. The Hall–Kier alpha value is -0.710. The van der Waals surface area contributed by atoms with Gasteiger partial charge in [0.2, 0.25) is 5.91 Å². The van der Waals surface area contributed by atoms with Crippen LogP contribution in [0.15, 0.2) is 29.2 Å². The first-order valence-corrected chi connectivity index (χ1v) is 7.43. The number of halogens is 1. The fourth-order valence-electron chi connectivity index (χ4n) is 2.10. The van der Waals surface area contributed by atoms with E-state index in [0.29, 0.717) is 11.8 Å². The van der Waals surface area contributed by atoms with Gasteiger partial charge in [-0.15, -0.1) is 24.2 Å². The second-order valence-electron chi connectivity index (χ2n) is 4.65. The number of rotatable bonds is 4. The van der Waals surface area contributed by atoms with Gasteiger partial charge in [0, 0.05) is 10.9 Å². The number of amides is 1. The van der Waals surface area contributed by atoms with Crippen LogP contribution >= 0.6 is 24.2 Å². The molecule has 106 valence electrons. The fraction of sp³-hybridized carbons (Fsp3) is 0.500. The van der Waals surface area contributed by atoms with Gasteiger partial charge in [-0.3, -0.25) is 4.79 Å². The van der Waals surface area contributed by atoms with Crippen molar-refractivity contribution < 1.29 is 4.79 Å². The lowest BCUT2D eigenvalue weighted by Crippen LogP contribution is -2.43. The smallest absolute Gasteiger partial charge is 0.230 e. The highest BCUT2D eigenvalue weighted by Gasteiger charge is 2.15. The van der Waals surface area contributed by atoms with Crippen LogP contribution in [0.2, 0.25) is 0 Å². The molecular formula is C14H21ClN2OS. The highest BCUT2D eigenvalue weighted by atomic mass is 35.5. The summed E-state index contributed by atoms with van der Waals surface area (Å²) in [5, 5.41) is 6.41. The van der Waals surface area contributed by atoms with Gasteiger partial charge in [0.15, 0.2) is 0 Å². The number of hydrogen-bond acceptors (Lipinski definition) is 3. The summed E-state index contributed by atoms with van der Waals surface area (Å²) >= 11 is 1.62.